The van der Waals surface area contributed by atoms with Crippen LogP contribution in [0.4, 0.5) is 10.1 Å². The molecule has 1 saturated carbocycles. The lowest BCUT2D eigenvalue weighted by molar-refractivity contribution is -0.139. The molecule has 0 aliphatic heterocycles. The van der Waals surface area contributed by atoms with E-state index >= 15 is 0 Å². The number of para-hydroxylation sites is 1. The second kappa shape index (κ2) is 11.9. The number of carbonyl (C=O) groups is 2. The minimum absolute atomic E-state index is 0.0529. The van der Waals surface area contributed by atoms with Gasteiger partial charge in [-0.2, -0.15) is 0 Å². The number of nitrogens with one attached hydrogen (secondary N) is 1. The van der Waals surface area contributed by atoms with E-state index in [1.165, 1.54) is 23.1 Å². The molecule has 3 rings (SSSR count). The molecule has 10 heteroatoms. The fourth-order valence-corrected chi connectivity index (χ4v) is 5.16. The van der Waals surface area contributed by atoms with Gasteiger partial charge in [-0.15, -0.1) is 0 Å². The van der Waals surface area contributed by atoms with Crippen molar-refractivity contribution in [1.82, 2.24) is 10.2 Å². The Labute approximate surface area is 211 Å². The van der Waals surface area contributed by atoms with Crippen LogP contribution in [0.1, 0.15) is 44.6 Å². The first kappa shape index (κ1) is 26.9. The summed E-state index contributed by atoms with van der Waals surface area (Å²) < 4.78 is 40.2. The summed E-state index contributed by atoms with van der Waals surface area (Å²) in [6.45, 7) is 1.03. The zero-order valence-electron chi connectivity index (χ0n) is 19.9. The standard InChI is InChI=1S/C25H31ClFN3O4S/c1-18(25(32)28-21-8-4-3-5-9-21)29(16-19-12-14-20(26)15-13-19)24(31)17-30(35(2,33)34)23-11-7-6-10-22(23)27/h6-7,10-15,18,21H,3-5,8-9,16-17H2,1-2H3,(H,28,32)/t18-/m1/s1. The summed E-state index contributed by atoms with van der Waals surface area (Å²) in [5.74, 6) is -1.70. The predicted octanol–water partition coefficient (Wildman–Crippen LogP) is 4.11. The number of halogens is 2. The Hall–Kier alpha value is -2.65. The number of rotatable bonds is 9. The SMILES string of the molecule is C[C@H](C(=O)NC1CCCCC1)N(Cc1ccc(Cl)cc1)C(=O)CN(c1ccccc1F)S(C)(=O)=O. The molecule has 2 aromatic carbocycles. The van der Waals surface area contributed by atoms with Crippen LogP contribution >= 0.6 is 11.6 Å². The van der Waals surface area contributed by atoms with E-state index in [0.29, 0.717) is 5.02 Å². The van der Waals surface area contributed by atoms with Crippen LogP contribution in [0.5, 0.6) is 0 Å². The first-order chi connectivity index (χ1) is 16.6. The monoisotopic (exact) mass is 523 g/mol. The molecule has 190 valence electrons. The van der Waals surface area contributed by atoms with Crippen molar-refractivity contribution < 1.29 is 22.4 Å². The normalized spacial score (nSPS) is 15.3. The van der Waals surface area contributed by atoms with Crippen LogP contribution in [0, 0.1) is 5.82 Å². The van der Waals surface area contributed by atoms with Gasteiger partial charge in [0.15, 0.2) is 0 Å². The fourth-order valence-electron chi connectivity index (χ4n) is 4.19. The Bertz CT molecular complexity index is 1140. The molecule has 0 bridgehead atoms. The number of amides is 2. The smallest absolute Gasteiger partial charge is 0.244 e. The highest BCUT2D eigenvalue weighted by Gasteiger charge is 2.31. The van der Waals surface area contributed by atoms with Crippen LogP contribution in [0.3, 0.4) is 0 Å². The highest BCUT2D eigenvalue weighted by Crippen LogP contribution is 2.23. The largest absolute Gasteiger partial charge is 0.352 e. The Kier molecular flexibility index (Phi) is 9.13. The second-order valence-corrected chi connectivity index (χ2v) is 11.2. The lowest BCUT2D eigenvalue weighted by atomic mass is 9.95. The average molecular weight is 524 g/mol. The van der Waals surface area contributed by atoms with E-state index in [4.69, 9.17) is 11.6 Å². The average Bonchev–Trinajstić information content (AvgIpc) is 2.82. The van der Waals surface area contributed by atoms with Gasteiger partial charge < -0.3 is 10.2 Å². The van der Waals surface area contributed by atoms with Crippen molar-refractivity contribution in [3.8, 4) is 0 Å². The van der Waals surface area contributed by atoms with Gasteiger partial charge in [0.1, 0.15) is 18.4 Å². The van der Waals surface area contributed by atoms with Gasteiger partial charge in [-0.1, -0.05) is 55.1 Å². The third kappa shape index (κ3) is 7.41. The molecule has 0 saturated heterocycles. The molecule has 1 fully saturated rings. The van der Waals surface area contributed by atoms with Crippen molar-refractivity contribution in [3.63, 3.8) is 0 Å². The fraction of sp³-hybridized carbons (Fsp3) is 0.440. The number of anilines is 1. The first-order valence-electron chi connectivity index (χ1n) is 11.6. The van der Waals surface area contributed by atoms with Gasteiger partial charge in [0.25, 0.3) is 0 Å². The van der Waals surface area contributed by atoms with Crippen molar-refractivity contribution in [2.45, 2.75) is 57.7 Å². The van der Waals surface area contributed by atoms with E-state index < -0.39 is 34.3 Å². The van der Waals surface area contributed by atoms with Crippen molar-refractivity contribution in [1.29, 1.82) is 0 Å². The van der Waals surface area contributed by atoms with Crippen LogP contribution in [0.15, 0.2) is 48.5 Å². The lowest BCUT2D eigenvalue weighted by Crippen LogP contribution is -2.53. The van der Waals surface area contributed by atoms with Gasteiger partial charge in [0.05, 0.1) is 11.9 Å². The molecule has 1 atom stereocenters. The highest BCUT2D eigenvalue weighted by atomic mass is 35.5. The first-order valence-corrected chi connectivity index (χ1v) is 13.9. The maximum atomic E-state index is 14.4. The minimum atomic E-state index is -3.99. The quantitative estimate of drug-likeness (QED) is 0.536. The number of carbonyl (C=O) groups excluding carboxylic acids is 2. The van der Waals surface area contributed by atoms with Gasteiger partial charge in [-0.05, 0) is 49.6 Å². The maximum absolute atomic E-state index is 14.4. The summed E-state index contributed by atoms with van der Waals surface area (Å²) in [5, 5.41) is 3.55. The third-order valence-electron chi connectivity index (χ3n) is 6.19. The van der Waals surface area contributed by atoms with E-state index in [2.05, 4.69) is 5.32 Å². The van der Waals surface area contributed by atoms with E-state index in [1.807, 2.05) is 0 Å². The number of hydrogen-bond donors (Lipinski definition) is 1. The van der Waals surface area contributed by atoms with E-state index in [0.717, 1.165) is 54.3 Å². The summed E-state index contributed by atoms with van der Waals surface area (Å²) in [7, 11) is -3.99. The zero-order valence-corrected chi connectivity index (χ0v) is 21.5. The molecule has 2 amide bonds. The van der Waals surface area contributed by atoms with Crippen molar-refractivity contribution in [2.24, 2.45) is 0 Å². The molecule has 2 aromatic rings. The Morgan fingerprint density at radius 2 is 1.71 bits per heavy atom. The molecular formula is C25H31ClFN3O4S. The van der Waals surface area contributed by atoms with Crippen molar-refractivity contribution >= 4 is 39.1 Å². The third-order valence-corrected chi connectivity index (χ3v) is 7.56. The van der Waals surface area contributed by atoms with E-state index in [1.54, 1.807) is 31.2 Å². The molecule has 0 unspecified atom stereocenters. The summed E-state index contributed by atoms with van der Waals surface area (Å²) >= 11 is 5.98. The summed E-state index contributed by atoms with van der Waals surface area (Å²) in [5.41, 5.74) is 0.492. The van der Waals surface area contributed by atoms with Gasteiger partial charge >= 0.3 is 0 Å². The molecule has 0 spiro atoms. The van der Waals surface area contributed by atoms with Gasteiger partial charge in [0.2, 0.25) is 21.8 Å². The summed E-state index contributed by atoms with van der Waals surface area (Å²) in [6, 6.07) is 11.4. The Morgan fingerprint density at radius 3 is 2.31 bits per heavy atom. The van der Waals surface area contributed by atoms with E-state index in [-0.39, 0.29) is 24.2 Å². The van der Waals surface area contributed by atoms with E-state index in [9.17, 15) is 22.4 Å². The number of benzene rings is 2. The molecule has 1 aliphatic rings. The second-order valence-electron chi connectivity index (χ2n) is 8.89. The van der Waals surface area contributed by atoms with Crippen LogP contribution in [-0.2, 0) is 26.2 Å². The van der Waals surface area contributed by atoms with Gasteiger partial charge in [-0.25, -0.2) is 12.8 Å². The van der Waals surface area contributed by atoms with Crippen molar-refractivity contribution in [3.05, 3.63) is 64.9 Å². The van der Waals surface area contributed by atoms with Crippen LogP contribution in [0.25, 0.3) is 0 Å². The predicted molar refractivity (Wildman–Crippen MR) is 135 cm³/mol. The molecule has 1 aliphatic carbocycles. The number of nitrogens with zero attached hydrogens (tertiary/aromatic N) is 2. The van der Waals surface area contributed by atoms with Crippen LogP contribution < -0.4 is 9.62 Å². The topological polar surface area (TPSA) is 86.8 Å². The zero-order chi connectivity index (χ0) is 25.6. The highest BCUT2D eigenvalue weighted by molar-refractivity contribution is 7.92. The summed E-state index contributed by atoms with van der Waals surface area (Å²) in [4.78, 5) is 27.9. The lowest BCUT2D eigenvalue weighted by Gasteiger charge is -2.33. The number of sulfonamides is 1. The van der Waals surface area contributed by atoms with Gasteiger partial charge in [-0.3, -0.25) is 13.9 Å². The molecule has 1 N–H and O–H groups in total. The minimum Gasteiger partial charge on any atom is -0.352 e. The molecule has 0 radical (unpaired) electrons. The molecule has 7 nitrogen and oxygen atoms in total. The Balaban J connectivity index is 1.87. The van der Waals surface area contributed by atoms with Crippen molar-refractivity contribution in [2.75, 3.05) is 17.1 Å². The summed E-state index contributed by atoms with van der Waals surface area (Å²) in [6.07, 6.45) is 5.91. The Morgan fingerprint density at radius 1 is 1.09 bits per heavy atom. The van der Waals surface area contributed by atoms with Crippen LogP contribution in [0.2, 0.25) is 5.02 Å². The molecular weight excluding hydrogens is 493 g/mol. The van der Waals surface area contributed by atoms with Crippen LogP contribution in [-0.4, -0.2) is 50.0 Å². The maximum Gasteiger partial charge on any atom is 0.244 e. The number of hydrogen-bond acceptors (Lipinski definition) is 4. The molecule has 0 heterocycles. The van der Waals surface area contributed by atoms with Gasteiger partial charge in [0, 0.05) is 17.6 Å². The molecule has 0 aromatic heterocycles. The molecule has 35 heavy (non-hydrogen) atoms.